The molecule has 0 aromatic carbocycles. The molecule has 0 radical (unpaired) electrons. The predicted octanol–water partition coefficient (Wildman–Crippen LogP) is 16.6. The minimum absolute atomic E-state index is 0.0967. The van der Waals surface area contributed by atoms with Crippen LogP contribution < -0.4 is 0 Å². The van der Waals surface area contributed by atoms with Crippen LogP contribution in [0.15, 0.2) is 72.9 Å². The van der Waals surface area contributed by atoms with E-state index in [2.05, 4.69) is 93.7 Å². The number of ether oxygens (including phenoxy) is 3. The Labute approximate surface area is 376 Å². The van der Waals surface area contributed by atoms with Gasteiger partial charge in [-0.1, -0.05) is 196 Å². The molecular formula is C55H94O6. The van der Waals surface area contributed by atoms with Crippen molar-refractivity contribution >= 4 is 17.9 Å². The molecule has 0 amide bonds. The van der Waals surface area contributed by atoms with Crippen LogP contribution in [0.25, 0.3) is 0 Å². The molecule has 0 bridgehead atoms. The molecule has 0 N–H and O–H groups in total. The van der Waals surface area contributed by atoms with E-state index in [0.29, 0.717) is 19.3 Å². The van der Waals surface area contributed by atoms with Crippen LogP contribution in [-0.4, -0.2) is 37.2 Å². The van der Waals surface area contributed by atoms with Gasteiger partial charge in [-0.05, 0) is 96.3 Å². The highest BCUT2D eigenvalue weighted by Gasteiger charge is 2.19. The highest BCUT2D eigenvalue weighted by molar-refractivity contribution is 5.71. The molecule has 0 aliphatic carbocycles. The molecule has 350 valence electrons. The summed E-state index contributed by atoms with van der Waals surface area (Å²) in [6.45, 7) is 6.44. The van der Waals surface area contributed by atoms with Gasteiger partial charge in [0.05, 0.1) is 0 Å². The maximum absolute atomic E-state index is 12.8. The zero-order valence-corrected chi connectivity index (χ0v) is 39.9. The molecule has 0 saturated carbocycles. The molecule has 6 nitrogen and oxygen atoms in total. The van der Waals surface area contributed by atoms with Gasteiger partial charge < -0.3 is 14.2 Å². The maximum Gasteiger partial charge on any atom is 0.306 e. The summed E-state index contributed by atoms with van der Waals surface area (Å²) in [5.74, 6) is -0.949. The summed E-state index contributed by atoms with van der Waals surface area (Å²) in [6.07, 6.45) is 61.7. The van der Waals surface area contributed by atoms with Crippen LogP contribution >= 0.6 is 0 Å². The topological polar surface area (TPSA) is 78.9 Å². The van der Waals surface area contributed by atoms with E-state index >= 15 is 0 Å². The van der Waals surface area contributed by atoms with Gasteiger partial charge in [0.15, 0.2) is 6.10 Å². The third-order valence-electron chi connectivity index (χ3n) is 10.7. The zero-order chi connectivity index (χ0) is 44.4. The number of hydrogen-bond donors (Lipinski definition) is 0. The summed E-state index contributed by atoms with van der Waals surface area (Å²) >= 11 is 0. The van der Waals surface area contributed by atoms with Crippen molar-refractivity contribution in [1.29, 1.82) is 0 Å². The van der Waals surface area contributed by atoms with E-state index in [4.69, 9.17) is 14.2 Å². The van der Waals surface area contributed by atoms with Crippen LogP contribution in [0.1, 0.15) is 239 Å². The summed E-state index contributed by atoms with van der Waals surface area (Å²) in [5.41, 5.74) is 0. The normalized spacial score (nSPS) is 12.6. The fourth-order valence-electron chi connectivity index (χ4n) is 6.87. The highest BCUT2D eigenvalue weighted by atomic mass is 16.6. The monoisotopic (exact) mass is 851 g/mol. The molecule has 0 aliphatic heterocycles. The molecule has 0 fully saturated rings. The molecule has 0 aliphatic rings. The van der Waals surface area contributed by atoms with Gasteiger partial charge in [-0.15, -0.1) is 0 Å². The fraction of sp³-hybridized carbons (Fsp3) is 0.727. The van der Waals surface area contributed by atoms with Crippen LogP contribution in [0.5, 0.6) is 0 Å². The van der Waals surface area contributed by atoms with Gasteiger partial charge in [0.25, 0.3) is 0 Å². The summed E-state index contributed by atoms with van der Waals surface area (Å²) < 4.78 is 16.7. The lowest BCUT2D eigenvalue weighted by atomic mass is 10.1. The molecule has 1 unspecified atom stereocenters. The van der Waals surface area contributed by atoms with Crippen LogP contribution in [0, 0.1) is 0 Å². The second-order valence-electron chi connectivity index (χ2n) is 16.7. The molecule has 0 saturated heterocycles. The fourth-order valence-corrected chi connectivity index (χ4v) is 6.87. The van der Waals surface area contributed by atoms with E-state index in [1.807, 2.05) is 0 Å². The standard InChI is InChI=1S/C55H94O6/c1-4-7-10-13-16-19-22-25-27-29-30-33-36-39-42-45-48-54(57)60-51-52(50-59-53(56)47-44-41-38-35-32-24-21-18-15-12-9-6-3)61-55(58)49-46-43-40-37-34-31-28-26-23-20-17-14-11-8-5-2/h9,12,17-18,20-21,23,26-27,29-30,33,52H,4-8,10-11,13-16,19,22,24-25,28,31-32,34-51H2,1-3H3/b12-9-,20-17-,21-18-,26-23-,29-27-,33-30-. The first-order valence-corrected chi connectivity index (χ1v) is 25.5. The summed E-state index contributed by atoms with van der Waals surface area (Å²) in [5, 5.41) is 0. The highest BCUT2D eigenvalue weighted by Crippen LogP contribution is 2.13. The van der Waals surface area contributed by atoms with E-state index in [1.54, 1.807) is 0 Å². The Morgan fingerprint density at radius 2 is 0.689 bits per heavy atom. The van der Waals surface area contributed by atoms with E-state index in [1.165, 1.54) is 83.5 Å². The summed E-state index contributed by atoms with van der Waals surface area (Å²) in [7, 11) is 0. The molecule has 0 aromatic rings. The Hall–Kier alpha value is -3.15. The largest absolute Gasteiger partial charge is 0.462 e. The van der Waals surface area contributed by atoms with Gasteiger partial charge in [0.2, 0.25) is 0 Å². The minimum atomic E-state index is -0.797. The third-order valence-corrected chi connectivity index (χ3v) is 10.7. The van der Waals surface area contributed by atoms with Crippen molar-refractivity contribution < 1.29 is 28.6 Å². The minimum Gasteiger partial charge on any atom is -0.462 e. The van der Waals surface area contributed by atoms with Gasteiger partial charge in [0.1, 0.15) is 13.2 Å². The third kappa shape index (κ3) is 47.7. The van der Waals surface area contributed by atoms with Crippen LogP contribution in [0.3, 0.4) is 0 Å². The van der Waals surface area contributed by atoms with Crippen molar-refractivity contribution in [3.05, 3.63) is 72.9 Å². The molecule has 1 atom stereocenters. The van der Waals surface area contributed by atoms with Crippen molar-refractivity contribution in [1.82, 2.24) is 0 Å². The first-order chi connectivity index (χ1) is 30.0. The SMILES string of the molecule is CC/C=C\C/C=C\CCCCCCCC(=O)OCC(COC(=O)CCCCC/C=C\C=C/CCCCCCCCC)OC(=O)CCCCCCCC/C=C\C=C/CCCCC. The Bertz CT molecular complexity index is 1160. The van der Waals surface area contributed by atoms with Crippen molar-refractivity contribution in [3.63, 3.8) is 0 Å². The molecular weight excluding hydrogens is 757 g/mol. The average Bonchev–Trinajstić information content (AvgIpc) is 3.26. The van der Waals surface area contributed by atoms with E-state index in [0.717, 1.165) is 116 Å². The first kappa shape index (κ1) is 57.9. The van der Waals surface area contributed by atoms with Crippen molar-refractivity contribution in [2.75, 3.05) is 13.2 Å². The maximum atomic E-state index is 12.8. The summed E-state index contributed by atoms with van der Waals surface area (Å²) in [6, 6.07) is 0. The van der Waals surface area contributed by atoms with E-state index in [-0.39, 0.29) is 31.1 Å². The molecule has 61 heavy (non-hydrogen) atoms. The van der Waals surface area contributed by atoms with Gasteiger partial charge in [-0.2, -0.15) is 0 Å². The van der Waals surface area contributed by atoms with Gasteiger partial charge in [-0.25, -0.2) is 0 Å². The second-order valence-corrected chi connectivity index (χ2v) is 16.7. The van der Waals surface area contributed by atoms with Crippen LogP contribution in [0.2, 0.25) is 0 Å². The Kier molecular flexibility index (Phi) is 46.9. The van der Waals surface area contributed by atoms with Gasteiger partial charge >= 0.3 is 17.9 Å². The average molecular weight is 851 g/mol. The number of esters is 3. The lowest BCUT2D eigenvalue weighted by Crippen LogP contribution is -2.30. The van der Waals surface area contributed by atoms with Gasteiger partial charge in [0, 0.05) is 19.3 Å². The molecule has 0 heterocycles. The lowest BCUT2D eigenvalue weighted by Gasteiger charge is -2.18. The van der Waals surface area contributed by atoms with E-state index in [9.17, 15) is 14.4 Å². The quantitative estimate of drug-likeness (QED) is 0.0200. The number of hydrogen-bond acceptors (Lipinski definition) is 6. The van der Waals surface area contributed by atoms with Crippen LogP contribution in [0.4, 0.5) is 0 Å². The zero-order valence-electron chi connectivity index (χ0n) is 39.9. The molecule has 6 heteroatoms. The molecule has 0 aromatic heterocycles. The second kappa shape index (κ2) is 49.5. The Balaban J connectivity index is 4.46. The number of carbonyl (C=O) groups is 3. The predicted molar refractivity (Wildman–Crippen MR) is 261 cm³/mol. The van der Waals surface area contributed by atoms with Crippen molar-refractivity contribution in [2.45, 2.75) is 245 Å². The number of unbranched alkanes of at least 4 members (excludes halogenated alkanes) is 24. The Morgan fingerprint density at radius 1 is 0.361 bits per heavy atom. The van der Waals surface area contributed by atoms with E-state index < -0.39 is 6.10 Å². The number of rotatable bonds is 45. The lowest BCUT2D eigenvalue weighted by molar-refractivity contribution is -0.167. The Morgan fingerprint density at radius 3 is 1.13 bits per heavy atom. The molecule has 0 spiro atoms. The number of allylic oxidation sites excluding steroid dienone is 12. The smallest absolute Gasteiger partial charge is 0.306 e. The van der Waals surface area contributed by atoms with Crippen molar-refractivity contribution in [2.24, 2.45) is 0 Å². The van der Waals surface area contributed by atoms with Crippen LogP contribution in [-0.2, 0) is 28.6 Å². The first-order valence-electron chi connectivity index (χ1n) is 25.5. The molecule has 0 rings (SSSR count). The summed E-state index contributed by atoms with van der Waals surface area (Å²) in [4.78, 5) is 37.9. The van der Waals surface area contributed by atoms with Crippen molar-refractivity contribution in [3.8, 4) is 0 Å². The number of carbonyl (C=O) groups excluding carboxylic acids is 3. The van der Waals surface area contributed by atoms with Gasteiger partial charge in [-0.3, -0.25) is 14.4 Å².